The van der Waals surface area contributed by atoms with Gasteiger partial charge in [-0.25, -0.2) is 0 Å². The average Bonchev–Trinajstić information content (AvgIpc) is 2.56. The number of rotatable bonds is 8. The zero-order valence-electron chi connectivity index (χ0n) is 15.8. The Morgan fingerprint density at radius 3 is 1.83 bits per heavy atom. The minimum Gasteiger partial charge on any atom is -0.384 e. The molecule has 0 aromatic heterocycles. The molecule has 0 bridgehead atoms. The maximum Gasteiger partial charge on any atom is 0.460 e. The molecule has 1 aromatic rings. The van der Waals surface area contributed by atoms with E-state index >= 15 is 0 Å². The fourth-order valence-corrected chi connectivity index (χ4v) is 1.98. The lowest BCUT2D eigenvalue weighted by molar-refractivity contribution is -0.400. The molecule has 0 saturated heterocycles. The average molecular weight is 442 g/mol. The highest BCUT2D eigenvalue weighted by Gasteiger charge is 2.82. The maximum absolute atomic E-state index is 14.3. The van der Waals surface area contributed by atoms with Gasteiger partial charge in [-0.15, -0.1) is 0 Å². The Bertz CT molecular complexity index is 694. The zero-order valence-corrected chi connectivity index (χ0v) is 15.8. The molecular weight excluding hydrogens is 423 g/mol. The summed E-state index contributed by atoms with van der Waals surface area (Å²) < 4.78 is 124. The van der Waals surface area contributed by atoms with Crippen molar-refractivity contribution in [2.75, 3.05) is 13.7 Å². The highest BCUT2D eigenvalue weighted by atomic mass is 19.4. The highest BCUT2D eigenvalue weighted by Crippen LogP contribution is 2.57. The molecule has 0 unspecified atom stereocenters. The Hall–Kier alpha value is -1.69. The summed E-state index contributed by atoms with van der Waals surface area (Å²) in [5, 5.41) is 0. The monoisotopic (exact) mass is 442 g/mol. The van der Waals surface area contributed by atoms with Crippen molar-refractivity contribution in [1.82, 2.24) is 0 Å². The van der Waals surface area contributed by atoms with Crippen LogP contribution in [0.15, 0.2) is 18.2 Å². The van der Waals surface area contributed by atoms with Gasteiger partial charge in [0.05, 0.1) is 12.2 Å². The van der Waals surface area contributed by atoms with Crippen LogP contribution in [-0.4, -0.2) is 37.3 Å². The number of hydrogen-bond acceptors (Lipinski definition) is 3. The normalized spacial score (nSPS) is 14.2. The van der Waals surface area contributed by atoms with E-state index < -0.39 is 40.9 Å². The predicted octanol–water partition coefficient (Wildman–Crippen LogP) is 5.91. The molecule has 0 aliphatic carbocycles. The van der Waals surface area contributed by atoms with Gasteiger partial charge in [-0.1, -0.05) is 6.07 Å². The molecule has 0 saturated carbocycles. The van der Waals surface area contributed by atoms with Crippen LogP contribution in [-0.2, 0) is 22.0 Å². The van der Waals surface area contributed by atoms with Crippen LogP contribution < -0.4 is 4.89 Å². The molecule has 0 spiro atoms. The Balaban J connectivity index is 3.51. The van der Waals surface area contributed by atoms with E-state index in [9.17, 15) is 39.5 Å². The van der Waals surface area contributed by atoms with E-state index in [2.05, 4.69) is 4.89 Å². The second kappa shape index (κ2) is 8.21. The smallest absolute Gasteiger partial charge is 0.384 e. The van der Waals surface area contributed by atoms with Crippen molar-refractivity contribution in [3.05, 3.63) is 29.3 Å². The fourth-order valence-electron chi connectivity index (χ4n) is 1.98. The standard InChI is InChI=1S/C17H19F9O3/c1-13(2,3)29-28-12-9-10(7-8-27-4)5-6-11(12)14(18,19)15(20,21)16(22,23)17(24,25)26/h5-6,9H,7-8H2,1-4H3. The van der Waals surface area contributed by atoms with Crippen LogP contribution >= 0.6 is 0 Å². The molecule has 3 nitrogen and oxygen atoms in total. The SMILES string of the molecule is COCCc1ccc(C(F)(F)C(F)(F)C(F)(F)C(F)(F)F)c(OOC(C)(C)C)c1. The molecule has 0 N–H and O–H groups in total. The third-order valence-corrected chi connectivity index (χ3v) is 3.51. The Labute approximate surface area is 160 Å². The lowest BCUT2D eigenvalue weighted by Crippen LogP contribution is -2.59. The van der Waals surface area contributed by atoms with E-state index in [1.807, 2.05) is 0 Å². The lowest BCUT2D eigenvalue weighted by Gasteiger charge is -2.34. The molecule has 1 aromatic carbocycles. The Morgan fingerprint density at radius 1 is 0.828 bits per heavy atom. The van der Waals surface area contributed by atoms with Crippen LogP contribution in [0.4, 0.5) is 39.5 Å². The maximum atomic E-state index is 14.3. The molecular formula is C17H19F9O3. The van der Waals surface area contributed by atoms with Crippen molar-refractivity contribution in [2.24, 2.45) is 0 Å². The summed E-state index contributed by atoms with van der Waals surface area (Å²) >= 11 is 0. The minimum absolute atomic E-state index is 0.0810. The first-order valence-corrected chi connectivity index (χ1v) is 8.06. The largest absolute Gasteiger partial charge is 0.460 e. The summed E-state index contributed by atoms with van der Waals surface area (Å²) in [7, 11) is 1.32. The van der Waals surface area contributed by atoms with Gasteiger partial charge in [0.15, 0.2) is 5.75 Å². The molecule has 0 amide bonds. The van der Waals surface area contributed by atoms with E-state index in [4.69, 9.17) is 9.62 Å². The van der Waals surface area contributed by atoms with Gasteiger partial charge < -0.3 is 9.62 Å². The van der Waals surface area contributed by atoms with Gasteiger partial charge in [0.25, 0.3) is 0 Å². The summed E-state index contributed by atoms with van der Waals surface area (Å²) in [5.74, 6) is -20.9. The van der Waals surface area contributed by atoms with Crippen molar-refractivity contribution in [3.8, 4) is 5.75 Å². The van der Waals surface area contributed by atoms with Gasteiger partial charge in [0.1, 0.15) is 5.60 Å². The number of benzene rings is 1. The number of halogens is 9. The number of alkyl halides is 9. The number of ether oxygens (including phenoxy) is 1. The quantitative estimate of drug-likeness (QED) is 0.285. The molecule has 1 rings (SSSR count). The first-order valence-electron chi connectivity index (χ1n) is 8.06. The minimum atomic E-state index is -7.01. The van der Waals surface area contributed by atoms with E-state index in [0.717, 1.165) is 12.1 Å². The van der Waals surface area contributed by atoms with Crippen molar-refractivity contribution >= 4 is 0 Å². The van der Waals surface area contributed by atoms with Gasteiger partial charge in [0.2, 0.25) is 0 Å². The van der Waals surface area contributed by atoms with E-state index in [0.29, 0.717) is 0 Å². The second-order valence-corrected chi connectivity index (χ2v) is 7.07. The molecule has 0 atom stereocenters. The first-order chi connectivity index (χ1) is 12.9. The molecule has 168 valence electrons. The Morgan fingerprint density at radius 2 is 1.38 bits per heavy atom. The molecule has 12 heteroatoms. The summed E-state index contributed by atoms with van der Waals surface area (Å²) in [5.41, 5.74) is -2.84. The summed E-state index contributed by atoms with van der Waals surface area (Å²) in [6, 6.07) is 1.91. The number of methoxy groups -OCH3 is 1. The second-order valence-electron chi connectivity index (χ2n) is 7.07. The fraction of sp³-hybridized carbons (Fsp3) is 0.647. The first kappa shape index (κ1) is 25.3. The van der Waals surface area contributed by atoms with Crippen molar-refractivity contribution in [2.45, 2.75) is 56.7 Å². The molecule has 0 aliphatic heterocycles. The van der Waals surface area contributed by atoms with E-state index in [1.165, 1.54) is 27.9 Å². The van der Waals surface area contributed by atoms with Crippen molar-refractivity contribution < 1.29 is 54.0 Å². The van der Waals surface area contributed by atoms with Crippen molar-refractivity contribution in [3.63, 3.8) is 0 Å². The third-order valence-electron chi connectivity index (χ3n) is 3.51. The molecule has 0 aliphatic rings. The lowest BCUT2D eigenvalue weighted by atomic mass is 9.94. The zero-order chi connectivity index (χ0) is 22.9. The third kappa shape index (κ3) is 5.27. The topological polar surface area (TPSA) is 27.7 Å². The van der Waals surface area contributed by atoms with Crippen LogP contribution in [0, 0.1) is 0 Å². The highest BCUT2D eigenvalue weighted by molar-refractivity contribution is 5.42. The molecule has 29 heavy (non-hydrogen) atoms. The summed E-state index contributed by atoms with van der Waals surface area (Å²) in [6.45, 7) is 4.27. The molecule has 0 heterocycles. The van der Waals surface area contributed by atoms with Crippen LogP contribution in [0.1, 0.15) is 31.9 Å². The van der Waals surface area contributed by atoms with Gasteiger partial charge in [-0.2, -0.15) is 44.4 Å². The van der Waals surface area contributed by atoms with Gasteiger partial charge in [0, 0.05) is 7.11 Å². The Kier molecular flexibility index (Phi) is 7.18. The van der Waals surface area contributed by atoms with Crippen LogP contribution in [0.3, 0.4) is 0 Å². The van der Waals surface area contributed by atoms with Crippen molar-refractivity contribution in [1.29, 1.82) is 0 Å². The van der Waals surface area contributed by atoms with Gasteiger partial charge in [-0.3, -0.25) is 0 Å². The summed E-state index contributed by atoms with van der Waals surface area (Å²) in [6.07, 6.45) is -6.83. The van der Waals surface area contributed by atoms with Crippen LogP contribution in [0.5, 0.6) is 5.75 Å². The van der Waals surface area contributed by atoms with Gasteiger partial charge >= 0.3 is 23.9 Å². The van der Waals surface area contributed by atoms with E-state index in [1.54, 1.807) is 0 Å². The van der Waals surface area contributed by atoms with E-state index in [-0.39, 0.29) is 24.7 Å². The van der Waals surface area contributed by atoms with Gasteiger partial charge in [-0.05, 0) is 44.9 Å². The molecule has 0 radical (unpaired) electrons. The van der Waals surface area contributed by atoms with Crippen LogP contribution in [0.25, 0.3) is 0 Å². The predicted molar refractivity (Wildman–Crippen MR) is 83.3 cm³/mol. The summed E-state index contributed by atoms with van der Waals surface area (Å²) in [4.78, 5) is 9.38. The molecule has 0 fully saturated rings. The number of hydrogen-bond donors (Lipinski definition) is 0. The van der Waals surface area contributed by atoms with Crippen LogP contribution in [0.2, 0.25) is 0 Å².